The molecule has 24 heavy (non-hydrogen) atoms. The molecule has 7 nitrogen and oxygen atoms in total. The summed E-state index contributed by atoms with van der Waals surface area (Å²) in [7, 11) is 0. The number of rotatable bonds is 2. The molecular weight excluding hydrogens is 306 g/mol. The average Bonchev–Trinajstić information content (AvgIpc) is 2.57. The van der Waals surface area contributed by atoms with Gasteiger partial charge in [-0.05, 0) is 19.8 Å². The van der Waals surface area contributed by atoms with Gasteiger partial charge in [0.25, 0.3) is 5.91 Å². The predicted molar refractivity (Wildman–Crippen MR) is 89.7 cm³/mol. The molecule has 1 aromatic rings. The van der Waals surface area contributed by atoms with Gasteiger partial charge in [-0.3, -0.25) is 9.59 Å². The van der Waals surface area contributed by atoms with Gasteiger partial charge in [-0.1, -0.05) is 13.8 Å². The molecule has 1 spiro atoms. The zero-order chi connectivity index (χ0) is 17.3. The molecule has 2 fully saturated rings. The SMILES string of the molecule is Cc1nc(C(C)C)ncc1C(=O)N1CCC2(CC1)NCCNC2=O. The van der Waals surface area contributed by atoms with Gasteiger partial charge >= 0.3 is 0 Å². The summed E-state index contributed by atoms with van der Waals surface area (Å²) in [5.41, 5.74) is 0.756. The molecule has 2 amide bonds. The molecule has 0 radical (unpaired) electrons. The summed E-state index contributed by atoms with van der Waals surface area (Å²) >= 11 is 0. The number of likely N-dealkylation sites (tertiary alicyclic amines) is 1. The monoisotopic (exact) mass is 331 g/mol. The molecule has 2 aliphatic heterocycles. The first-order valence-electron chi connectivity index (χ1n) is 8.59. The van der Waals surface area contributed by atoms with Crippen molar-refractivity contribution < 1.29 is 9.59 Å². The van der Waals surface area contributed by atoms with Crippen LogP contribution in [0.25, 0.3) is 0 Å². The predicted octanol–water partition coefficient (Wildman–Crippen LogP) is 0.603. The first-order chi connectivity index (χ1) is 11.4. The minimum Gasteiger partial charge on any atom is -0.353 e. The summed E-state index contributed by atoms with van der Waals surface area (Å²) in [6.07, 6.45) is 2.90. The third kappa shape index (κ3) is 3.00. The number of amides is 2. The molecule has 0 aromatic carbocycles. The summed E-state index contributed by atoms with van der Waals surface area (Å²) < 4.78 is 0. The fraction of sp³-hybridized carbons (Fsp3) is 0.647. The van der Waals surface area contributed by atoms with E-state index in [1.807, 2.05) is 20.8 Å². The number of piperidine rings is 1. The lowest BCUT2D eigenvalue weighted by atomic mass is 9.85. The molecule has 2 saturated heterocycles. The number of nitrogens with one attached hydrogen (secondary N) is 2. The van der Waals surface area contributed by atoms with E-state index in [-0.39, 0.29) is 17.7 Å². The second kappa shape index (κ2) is 6.47. The number of aryl methyl sites for hydroxylation is 1. The number of hydrogen-bond acceptors (Lipinski definition) is 5. The fourth-order valence-corrected chi connectivity index (χ4v) is 3.37. The highest BCUT2D eigenvalue weighted by Crippen LogP contribution is 2.25. The summed E-state index contributed by atoms with van der Waals surface area (Å²) in [6, 6.07) is 0. The third-order valence-electron chi connectivity index (χ3n) is 4.96. The van der Waals surface area contributed by atoms with Gasteiger partial charge < -0.3 is 15.5 Å². The second-order valence-electron chi connectivity index (χ2n) is 6.94. The molecule has 130 valence electrons. The Hall–Kier alpha value is -2.02. The molecule has 3 rings (SSSR count). The molecular formula is C17H25N5O2. The van der Waals surface area contributed by atoms with E-state index in [0.29, 0.717) is 43.7 Å². The molecule has 0 bridgehead atoms. The van der Waals surface area contributed by atoms with Crippen molar-refractivity contribution in [1.29, 1.82) is 0 Å². The maximum atomic E-state index is 12.8. The van der Waals surface area contributed by atoms with Crippen molar-refractivity contribution in [2.24, 2.45) is 0 Å². The molecule has 0 unspecified atom stereocenters. The van der Waals surface area contributed by atoms with Gasteiger partial charge in [0.15, 0.2) is 0 Å². The van der Waals surface area contributed by atoms with Gasteiger partial charge in [-0.15, -0.1) is 0 Å². The first kappa shape index (κ1) is 16.8. The maximum absolute atomic E-state index is 12.8. The van der Waals surface area contributed by atoms with Crippen LogP contribution in [0.5, 0.6) is 0 Å². The summed E-state index contributed by atoms with van der Waals surface area (Å²) in [5, 5.41) is 6.26. The quantitative estimate of drug-likeness (QED) is 0.829. The minimum absolute atomic E-state index is 0.0473. The number of nitrogens with zero attached hydrogens (tertiary/aromatic N) is 3. The van der Waals surface area contributed by atoms with Crippen LogP contribution in [0.4, 0.5) is 0 Å². The highest BCUT2D eigenvalue weighted by Gasteiger charge is 2.43. The molecule has 7 heteroatoms. The van der Waals surface area contributed by atoms with Crippen molar-refractivity contribution >= 4 is 11.8 Å². The van der Waals surface area contributed by atoms with Crippen LogP contribution in [0, 0.1) is 6.92 Å². The topological polar surface area (TPSA) is 87.2 Å². The number of aromatic nitrogens is 2. The number of carbonyl (C=O) groups excluding carboxylic acids is 2. The maximum Gasteiger partial charge on any atom is 0.257 e. The lowest BCUT2D eigenvalue weighted by Crippen LogP contribution is -2.66. The van der Waals surface area contributed by atoms with Gasteiger partial charge in [-0.25, -0.2) is 9.97 Å². The van der Waals surface area contributed by atoms with Crippen LogP contribution in [-0.4, -0.2) is 58.4 Å². The Morgan fingerprint density at radius 2 is 2.00 bits per heavy atom. The molecule has 3 heterocycles. The second-order valence-corrected chi connectivity index (χ2v) is 6.94. The van der Waals surface area contributed by atoms with Crippen molar-refractivity contribution in [3.8, 4) is 0 Å². The van der Waals surface area contributed by atoms with E-state index in [1.54, 1.807) is 11.1 Å². The summed E-state index contributed by atoms with van der Waals surface area (Å²) in [6.45, 7) is 8.48. The first-order valence-corrected chi connectivity index (χ1v) is 8.59. The van der Waals surface area contributed by atoms with E-state index in [4.69, 9.17) is 0 Å². The Kier molecular flexibility index (Phi) is 4.54. The Morgan fingerprint density at radius 1 is 1.29 bits per heavy atom. The lowest BCUT2D eigenvalue weighted by molar-refractivity contribution is -0.131. The lowest BCUT2D eigenvalue weighted by Gasteiger charge is -2.43. The molecule has 0 atom stereocenters. The van der Waals surface area contributed by atoms with E-state index < -0.39 is 5.54 Å². The van der Waals surface area contributed by atoms with Gasteiger partial charge in [0.1, 0.15) is 11.4 Å². The van der Waals surface area contributed by atoms with E-state index in [0.717, 1.165) is 12.4 Å². The van der Waals surface area contributed by atoms with Crippen LogP contribution >= 0.6 is 0 Å². The molecule has 0 aliphatic carbocycles. The van der Waals surface area contributed by atoms with Gasteiger partial charge in [-0.2, -0.15) is 0 Å². The van der Waals surface area contributed by atoms with E-state index in [2.05, 4.69) is 20.6 Å². The van der Waals surface area contributed by atoms with Gasteiger partial charge in [0, 0.05) is 38.3 Å². The van der Waals surface area contributed by atoms with Crippen molar-refractivity contribution in [1.82, 2.24) is 25.5 Å². The zero-order valence-electron chi connectivity index (χ0n) is 14.6. The fourth-order valence-electron chi connectivity index (χ4n) is 3.37. The van der Waals surface area contributed by atoms with E-state index in [9.17, 15) is 9.59 Å². The average molecular weight is 331 g/mol. The smallest absolute Gasteiger partial charge is 0.257 e. The van der Waals surface area contributed by atoms with Crippen LogP contribution in [0.15, 0.2) is 6.20 Å². The van der Waals surface area contributed by atoms with E-state index in [1.165, 1.54) is 0 Å². The zero-order valence-corrected chi connectivity index (χ0v) is 14.6. The summed E-state index contributed by atoms with van der Waals surface area (Å²) in [5.74, 6) is 0.999. The van der Waals surface area contributed by atoms with Gasteiger partial charge in [0.05, 0.1) is 11.3 Å². The van der Waals surface area contributed by atoms with Crippen LogP contribution in [0.1, 0.15) is 54.5 Å². The molecule has 1 aromatic heterocycles. The van der Waals surface area contributed by atoms with Crippen LogP contribution < -0.4 is 10.6 Å². The van der Waals surface area contributed by atoms with Gasteiger partial charge in [0.2, 0.25) is 5.91 Å². The van der Waals surface area contributed by atoms with E-state index >= 15 is 0 Å². The minimum atomic E-state index is -0.512. The van der Waals surface area contributed by atoms with Crippen molar-refractivity contribution in [2.45, 2.75) is 45.1 Å². The molecule has 0 saturated carbocycles. The number of hydrogen-bond donors (Lipinski definition) is 2. The third-order valence-corrected chi connectivity index (χ3v) is 4.96. The Bertz CT molecular complexity index is 650. The highest BCUT2D eigenvalue weighted by atomic mass is 16.2. The summed E-state index contributed by atoms with van der Waals surface area (Å²) in [4.78, 5) is 35.5. The van der Waals surface area contributed by atoms with Crippen LogP contribution in [0.3, 0.4) is 0 Å². The van der Waals surface area contributed by atoms with Crippen LogP contribution in [-0.2, 0) is 4.79 Å². The van der Waals surface area contributed by atoms with Crippen molar-refractivity contribution in [3.05, 3.63) is 23.3 Å². The number of carbonyl (C=O) groups is 2. The largest absolute Gasteiger partial charge is 0.353 e. The molecule has 2 N–H and O–H groups in total. The number of piperazine rings is 1. The normalized spacial score (nSPS) is 20.3. The van der Waals surface area contributed by atoms with Crippen molar-refractivity contribution in [3.63, 3.8) is 0 Å². The Balaban J connectivity index is 1.70. The molecule has 2 aliphatic rings. The van der Waals surface area contributed by atoms with Crippen molar-refractivity contribution in [2.75, 3.05) is 26.2 Å². The van der Waals surface area contributed by atoms with Crippen LogP contribution in [0.2, 0.25) is 0 Å². The Morgan fingerprint density at radius 3 is 2.58 bits per heavy atom. The standard InChI is InChI=1S/C17H25N5O2/c1-11(2)14-19-10-13(12(3)21-14)15(23)22-8-4-17(5-9-22)16(24)18-6-7-20-17/h10-11,20H,4-9H2,1-3H3,(H,18,24). The Labute approximate surface area is 142 Å². The highest BCUT2D eigenvalue weighted by molar-refractivity contribution is 5.95.